The highest BCUT2D eigenvalue weighted by molar-refractivity contribution is 6.07. The van der Waals surface area contributed by atoms with Crippen LogP contribution in [0.5, 0.6) is 5.75 Å². The third-order valence-electron chi connectivity index (χ3n) is 2.54. The number of pyridine rings is 1. The standard InChI is InChI=1S/C13H11FN2O2/c1-16(10-4-6-15-7-5-10)13(18)11-8-9(14)2-3-12(11)17/h2-8,17H,1H3. The van der Waals surface area contributed by atoms with Gasteiger partial charge in [0.2, 0.25) is 0 Å². The molecular weight excluding hydrogens is 235 g/mol. The van der Waals surface area contributed by atoms with Crippen molar-refractivity contribution in [3.8, 4) is 5.75 Å². The van der Waals surface area contributed by atoms with Crippen LogP contribution in [0, 0.1) is 5.82 Å². The summed E-state index contributed by atoms with van der Waals surface area (Å²) in [7, 11) is 1.54. The van der Waals surface area contributed by atoms with Crippen LogP contribution in [0.25, 0.3) is 0 Å². The molecule has 2 aromatic rings. The molecule has 0 fully saturated rings. The number of carbonyl (C=O) groups is 1. The van der Waals surface area contributed by atoms with Gasteiger partial charge in [-0.15, -0.1) is 0 Å². The predicted octanol–water partition coefficient (Wildman–Crippen LogP) is 2.20. The van der Waals surface area contributed by atoms with Crippen LogP contribution in [0.15, 0.2) is 42.7 Å². The quantitative estimate of drug-likeness (QED) is 0.883. The molecule has 0 atom stereocenters. The van der Waals surface area contributed by atoms with Crippen molar-refractivity contribution in [2.45, 2.75) is 0 Å². The van der Waals surface area contributed by atoms with Gasteiger partial charge in [-0.2, -0.15) is 0 Å². The van der Waals surface area contributed by atoms with Crippen LogP contribution in [0.3, 0.4) is 0 Å². The van der Waals surface area contributed by atoms with Gasteiger partial charge in [-0.25, -0.2) is 4.39 Å². The van der Waals surface area contributed by atoms with E-state index in [1.807, 2.05) is 0 Å². The van der Waals surface area contributed by atoms with Crippen LogP contribution in [0.4, 0.5) is 10.1 Å². The number of phenols is 1. The maximum absolute atomic E-state index is 13.1. The Balaban J connectivity index is 2.34. The number of aromatic hydroxyl groups is 1. The number of rotatable bonds is 2. The van der Waals surface area contributed by atoms with E-state index in [1.165, 1.54) is 4.90 Å². The lowest BCUT2D eigenvalue weighted by Crippen LogP contribution is -2.26. The first-order chi connectivity index (χ1) is 8.59. The minimum atomic E-state index is -0.570. The Morgan fingerprint density at radius 2 is 1.94 bits per heavy atom. The molecule has 0 unspecified atom stereocenters. The molecule has 0 aliphatic heterocycles. The van der Waals surface area contributed by atoms with Gasteiger partial charge >= 0.3 is 0 Å². The lowest BCUT2D eigenvalue weighted by atomic mass is 10.1. The summed E-state index contributed by atoms with van der Waals surface area (Å²) in [4.78, 5) is 17.3. The smallest absolute Gasteiger partial charge is 0.261 e. The number of nitrogens with zero attached hydrogens (tertiary/aromatic N) is 2. The fourth-order valence-electron chi connectivity index (χ4n) is 1.55. The number of carbonyl (C=O) groups excluding carboxylic acids is 1. The molecule has 1 N–H and O–H groups in total. The van der Waals surface area contributed by atoms with Crippen molar-refractivity contribution >= 4 is 11.6 Å². The third-order valence-corrected chi connectivity index (χ3v) is 2.54. The second kappa shape index (κ2) is 4.83. The van der Waals surface area contributed by atoms with Gasteiger partial charge in [0, 0.05) is 25.1 Å². The van der Waals surface area contributed by atoms with Gasteiger partial charge in [0.05, 0.1) is 5.56 Å². The van der Waals surface area contributed by atoms with Crippen LogP contribution in [0.1, 0.15) is 10.4 Å². The summed E-state index contributed by atoms with van der Waals surface area (Å²) in [6.07, 6.45) is 3.09. The van der Waals surface area contributed by atoms with Crippen LogP contribution in [-0.2, 0) is 0 Å². The number of amides is 1. The van der Waals surface area contributed by atoms with E-state index in [0.717, 1.165) is 18.2 Å². The van der Waals surface area contributed by atoms with Crippen LogP contribution in [-0.4, -0.2) is 23.0 Å². The van der Waals surface area contributed by atoms with Crippen LogP contribution in [0.2, 0.25) is 0 Å². The van der Waals surface area contributed by atoms with Crippen molar-refractivity contribution in [2.24, 2.45) is 0 Å². The highest BCUT2D eigenvalue weighted by Crippen LogP contribution is 2.21. The zero-order valence-electron chi connectivity index (χ0n) is 9.67. The fraction of sp³-hybridized carbons (Fsp3) is 0.0769. The maximum Gasteiger partial charge on any atom is 0.261 e. The minimum absolute atomic E-state index is 0.0747. The summed E-state index contributed by atoms with van der Waals surface area (Å²) >= 11 is 0. The highest BCUT2D eigenvalue weighted by atomic mass is 19.1. The number of hydrogen-bond acceptors (Lipinski definition) is 3. The Labute approximate surface area is 103 Å². The van der Waals surface area contributed by atoms with Crippen molar-refractivity contribution in [1.82, 2.24) is 4.98 Å². The molecule has 92 valence electrons. The summed E-state index contributed by atoms with van der Waals surface area (Å²) < 4.78 is 13.1. The molecule has 0 aliphatic rings. The molecule has 1 aromatic heterocycles. The molecular formula is C13H11FN2O2. The van der Waals surface area contributed by atoms with Gasteiger partial charge in [-0.1, -0.05) is 0 Å². The summed E-state index contributed by atoms with van der Waals surface area (Å²) in [5, 5.41) is 9.57. The van der Waals surface area contributed by atoms with E-state index in [0.29, 0.717) is 5.69 Å². The first-order valence-corrected chi connectivity index (χ1v) is 5.26. The van der Waals surface area contributed by atoms with Gasteiger partial charge in [0.25, 0.3) is 5.91 Å². The summed E-state index contributed by atoms with van der Waals surface area (Å²) in [6.45, 7) is 0. The van der Waals surface area contributed by atoms with Crippen molar-refractivity contribution < 1.29 is 14.3 Å². The molecule has 2 rings (SSSR count). The summed E-state index contributed by atoms with van der Waals surface area (Å²) in [5.41, 5.74) is 0.535. The number of anilines is 1. The van der Waals surface area contributed by atoms with Crippen molar-refractivity contribution in [3.63, 3.8) is 0 Å². The molecule has 0 saturated carbocycles. The Morgan fingerprint density at radius 3 is 2.61 bits per heavy atom. The minimum Gasteiger partial charge on any atom is -0.507 e. The van der Waals surface area contributed by atoms with Gasteiger partial charge in [-0.3, -0.25) is 9.78 Å². The fourth-order valence-corrected chi connectivity index (χ4v) is 1.55. The Morgan fingerprint density at radius 1 is 1.28 bits per heavy atom. The van der Waals surface area contributed by atoms with E-state index in [4.69, 9.17) is 0 Å². The molecule has 0 spiro atoms. The summed E-state index contributed by atoms with van der Waals surface area (Å²) in [5.74, 6) is -1.31. The zero-order valence-corrected chi connectivity index (χ0v) is 9.67. The lowest BCUT2D eigenvalue weighted by Gasteiger charge is -2.17. The average molecular weight is 246 g/mol. The predicted molar refractivity (Wildman–Crippen MR) is 65.0 cm³/mol. The molecule has 18 heavy (non-hydrogen) atoms. The van der Waals surface area contributed by atoms with E-state index < -0.39 is 11.7 Å². The number of phenolic OH excluding ortho intramolecular Hbond substituents is 1. The monoisotopic (exact) mass is 246 g/mol. The van der Waals surface area contributed by atoms with Gasteiger partial charge in [0.15, 0.2) is 0 Å². The number of halogens is 1. The number of hydrogen-bond donors (Lipinski definition) is 1. The van der Waals surface area contributed by atoms with E-state index >= 15 is 0 Å². The summed E-state index contributed by atoms with van der Waals surface area (Å²) in [6, 6.07) is 6.55. The normalized spacial score (nSPS) is 10.1. The maximum atomic E-state index is 13.1. The first-order valence-electron chi connectivity index (χ1n) is 5.26. The molecule has 5 heteroatoms. The van der Waals surface area contributed by atoms with Crippen molar-refractivity contribution in [2.75, 3.05) is 11.9 Å². The van der Waals surface area contributed by atoms with Crippen LogP contribution >= 0.6 is 0 Å². The molecule has 0 radical (unpaired) electrons. The Bertz CT molecular complexity index is 572. The van der Waals surface area contributed by atoms with Gasteiger partial charge in [0.1, 0.15) is 11.6 Å². The second-order valence-electron chi connectivity index (χ2n) is 3.73. The average Bonchev–Trinajstić information content (AvgIpc) is 2.41. The molecule has 4 nitrogen and oxygen atoms in total. The Hall–Kier alpha value is -2.43. The van der Waals surface area contributed by atoms with E-state index in [1.54, 1.807) is 31.6 Å². The number of aromatic nitrogens is 1. The van der Waals surface area contributed by atoms with Crippen LogP contribution < -0.4 is 4.90 Å². The topological polar surface area (TPSA) is 53.4 Å². The third kappa shape index (κ3) is 2.29. The van der Waals surface area contributed by atoms with Gasteiger partial charge in [-0.05, 0) is 30.3 Å². The van der Waals surface area contributed by atoms with E-state index in [2.05, 4.69) is 4.98 Å². The molecule has 1 heterocycles. The Kier molecular flexibility index (Phi) is 3.23. The van der Waals surface area contributed by atoms with E-state index in [9.17, 15) is 14.3 Å². The molecule has 0 bridgehead atoms. The second-order valence-corrected chi connectivity index (χ2v) is 3.73. The van der Waals surface area contributed by atoms with Crippen molar-refractivity contribution in [3.05, 3.63) is 54.1 Å². The molecule has 1 amide bonds. The molecule has 0 saturated heterocycles. The lowest BCUT2D eigenvalue weighted by molar-refractivity contribution is 0.0990. The van der Waals surface area contributed by atoms with Crippen molar-refractivity contribution in [1.29, 1.82) is 0 Å². The molecule has 0 aliphatic carbocycles. The number of benzene rings is 1. The van der Waals surface area contributed by atoms with Gasteiger partial charge < -0.3 is 10.0 Å². The zero-order chi connectivity index (χ0) is 13.1. The largest absolute Gasteiger partial charge is 0.507 e. The highest BCUT2D eigenvalue weighted by Gasteiger charge is 2.17. The molecule has 1 aromatic carbocycles. The SMILES string of the molecule is CN(C(=O)c1cc(F)ccc1O)c1ccncc1. The van der Waals surface area contributed by atoms with E-state index in [-0.39, 0.29) is 11.3 Å². The first kappa shape index (κ1) is 12.0.